The number of halogens is 7. The predicted molar refractivity (Wildman–Crippen MR) is 124 cm³/mol. The summed E-state index contributed by atoms with van der Waals surface area (Å²) in [6.45, 7) is 3.16. The minimum atomic E-state index is -4.58. The molecule has 0 spiro atoms. The van der Waals surface area contributed by atoms with Crippen molar-refractivity contribution in [3.8, 4) is 0 Å². The van der Waals surface area contributed by atoms with Crippen LogP contribution in [-0.4, -0.2) is 37.3 Å². The van der Waals surface area contributed by atoms with Crippen molar-refractivity contribution in [1.29, 1.82) is 0 Å². The molecule has 0 saturated heterocycles. The number of alkyl halides is 6. The van der Waals surface area contributed by atoms with Gasteiger partial charge in [0.2, 0.25) is 5.91 Å². The fourth-order valence-electron chi connectivity index (χ4n) is 3.20. The van der Waals surface area contributed by atoms with Crippen LogP contribution in [0.25, 0.3) is 6.08 Å². The van der Waals surface area contributed by atoms with Gasteiger partial charge in [0, 0.05) is 4.47 Å². The Hall–Kier alpha value is -2.82. The summed E-state index contributed by atoms with van der Waals surface area (Å²) in [6.07, 6.45) is -6.77. The predicted octanol–water partition coefficient (Wildman–Crippen LogP) is 6.14. The van der Waals surface area contributed by atoms with Crippen molar-refractivity contribution in [1.82, 2.24) is 10.6 Å². The van der Waals surface area contributed by atoms with Crippen LogP contribution in [-0.2, 0) is 4.79 Å². The fraction of sp³-hybridized carbons (Fsp3) is 0.333. The van der Waals surface area contributed by atoms with Crippen LogP contribution in [0.15, 0.2) is 40.9 Å². The maximum absolute atomic E-state index is 13.8. The second kappa shape index (κ2) is 11.3. The Balaban J connectivity index is 2.15. The zero-order valence-corrected chi connectivity index (χ0v) is 20.6. The molecule has 2 aromatic carbocycles. The van der Waals surface area contributed by atoms with E-state index in [0.717, 1.165) is 22.8 Å². The first-order valence-corrected chi connectivity index (χ1v) is 11.1. The van der Waals surface area contributed by atoms with Crippen LogP contribution >= 0.6 is 15.9 Å². The summed E-state index contributed by atoms with van der Waals surface area (Å²) in [7, 11) is 0. The largest absolute Gasteiger partial charge is 0.405 e. The smallest absolute Gasteiger partial charge is 0.345 e. The van der Waals surface area contributed by atoms with Gasteiger partial charge in [-0.3, -0.25) is 9.59 Å². The van der Waals surface area contributed by atoms with E-state index in [9.17, 15) is 35.9 Å². The molecule has 35 heavy (non-hydrogen) atoms. The molecule has 0 aliphatic heterocycles. The molecule has 1 unspecified atom stereocenters. The third-order valence-corrected chi connectivity index (χ3v) is 5.93. The van der Waals surface area contributed by atoms with E-state index < -0.39 is 43.2 Å². The molecule has 2 aromatic rings. The van der Waals surface area contributed by atoms with Crippen molar-refractivity contribution >= 4 is 33.8 Å². The normalized spacial score (nSPS) is 13.1. The van der Waals surface area contributed by atoms with Gasteiger partial charge in [-0.25, -0.2) is 0 Å². The minimum Gasteiger partial charge on any atom is -0.345 e. The molecule has 190 valence electrons. The van der Waals surface area contributed by atoms with E-state index in [-0.39, 0.29) is 15.6 Å². The molecule has 0 heterocycles. The van der Waals surface area contributed by atoms with Crippen LogP contribution in [0, 0.1) is 20.8 Å². The lowest BCUT2D eigenvalue weighted by atomic mass is 9.91. The summed E-state index contributed by atoms with van der Waals surface area (Å²) in [6, 6.07) is 7.20. The fourth-order valence-corrected chi connectivity index (χ4v) is 3.78. The molecule has 0 fully saturated rings. The first-order chi connectivity index (χ1) is 16.1. The Labute approximate surface area is 206 Å². The number of hydrogen-bond donors (Lipinski definition) is 2. The van der Waals surface area contributed by atoms with E-state index in [1.54, 1.807) is 19.2 Å². The maximum Gasteiger partial charge on any atom is 0.405 e. The number of carbonyl (C=O) groups excluding carboxylic acids is 2. The summed E-state index contributed by atoms with van der Waals surface area (Å²) in [5.41, 5.74) is 3.00. The molecule has 4 nitrogen and oxygen atoms in total. The van der Waals surface area contributed by atoms with E-state index in [1.807, 2.05) is 6.92 Å². The van der Waals surface area contributed by atoms with Crippen LogP contribution in [0.5, 0.6) is 0 Å². The summed E-state index contributed by atoms with van der Waals surface area (Å²) in [5, 5.41) is 3.81. The summed E-state index contributed by atoms with van der Waals surface area (Å²) in [4.78, 5) is 23.7. The van der Waals surface area contributed by atoms with Gasteiger partial charge in [0.25, 0.3) is 5.91 Å². The average Bonchev–Trinajstić information content (AvgIpc) is 2.73. The van der Waals surface area contributed by atoms with E-state index in [2.05, 4.69) is 21.2 Å². The van der Waals surface area contributed by atoms with Crippen LogP contribution in [0.2, 0.25) is 0 Å². The van der Waals surface area contributed by atoms with Gasteiger partial charge >= 0.3 is 12.4 Å². The Kier molecular flexibility index (Phi) is 9.16. The molecule has 0 aromatic heterocycles. The highest BCUT2D eigenvalue weighted by Crippen LogP contribution is 2.38. The molecule has 0 saturated carbocycles. The van der Waals surface area contributed by atoms with E-state index >= 15 is 0 Å². The zero-order valence-electron chi connectivity index (χ0n) is 19.0. The molecule has 0 aliphatic rings. The van der Waals surface area contributed by atoms with Crippen LogP contribution in [0.3, 0.4) is 0 Å². The third-order valence-electron chi connectivity index (χ3n) is 5.28. The van der Waals surface area contributed by atoms with Crippen molar-refractivity contribution in [3.63, 3.8) is 0 Å². The van der Waals surface area contributed by atoms with Gasteiger partial charge in [0.15, 0.2) is 0 Å². The van der Waals surface area contributed by atoms with E-state index in [1.165, 1.54) is 36.4 Å². The van der Waals surface area contributed by atoms with Gasteiger partial charge in [-0.1, -0.05) is 30.4 Å². The van der Waals surface area contributed by atoms with Crippen molar-refractivity contribution in [2.75, 3.05) is 13.1 Å². The number of rotatable bonds is 7. The Morgan fingerprint density at radius 3 is 2.09 bits per heavy atom. The lowest BCUT2D eigenvalue weighted by Crippen LogP contribution is -2.40. The van der Waals surface area contributed by atoms with E-state index in [4.69, 9.17) is 0 Å². The minimum absolute atomic E-state index is 0.0583. The molecule has 0 radical (unpaired) electrons. The molecule has 0 aliphatic carbocycles. The Bertz CT molecular complexity index is 1100. The van der Waals surface area contributed by atoms with Gasteiger partial charge in [-0.15, -0.1) is 0 Å². The Morgan fingerprint density at radius 1 is 0.971 bits per heavy atom. The highest BCUT2D eigenvalue weighted by molar-refractivity contribution is 9.10. The molecule has 2 amide bonds. The number of carbonyl (C=O) groups is 2. The van der Waals surface area contributed by atoms with Crippen LogP contribution in [0.1, 0.15) is 44.1 Å². The van der Waals surface area contributed by atoms with Gasteiger partial charge in [-0.2, -0.15) is 26.3 Å². The van der Waals surface area contributed by atoms with Crippen molar-refractivity contribution in [2.45, 2.75) is 39.0 Å². The van der Waals surface area contributed by atoms with Crippen molar-refractivity contribution in [2.24, 2.45) is 0 Å². The average molecular weight is 565 g/mol. The summed E-state index contributed by atoms with van der Waals surface area (Å²) in [5.74, 6) is -3.60. The van der Waals surface area contributed by atoms with Gasteiger partial charge in [-0.05, 0) is 76.7 Å². The number of allylic oxidation sites excluding steroid dienone is 1. The second-order valence-electron chi connectivity index (χ2n) is 7.97. The number of amides is 2. The lowest BCUT2D eigenvalue weighted by Gasteiger charge is -2.19. The quantitative estimate of drug-likeness (QED) is 0.397. The number of nitrogens with one attached hydrogen (secondary N) is 2. The number of hydrogen-bond acceptors (Lipinski definition) is 2. The second-order valence-corrected chi connectivity index (χ2v) is 8.83. The first kappa shape index (κ1) is 28.4. The Morgan fingerprint density at radius 2 is 1.57 bits per heavy atom. The molecular formula is C24H23BrF6N2O2. The third kappa shape index (κ3) is 8.41. The number of aryl methyl sites for hydroxylation is 2. The molecular weight excluding hydrogens is 542 g/mol. The van der Waals surface area contributed by atoms with Gasteiger partial charge in [0.05, 0.1) is 18.0 Å². The number of benzene rings is 2. The molecule has 11 heteroatoms. The maximum atomic E-state index is 13.8. The SMILES string of the molecule is Cc1cc(C(/C=C\c2ccc(C(=O)NCC(=O)NCC(F)(F)F)c(Br)c2)C(F)(F)F)cc(C)c1C. The molecule has 2 N–H and O–H groups in total. The first-order valence-electron chi connectivity index (χ1n) is 10.3. The summed E-state index contributed by atoms with van der Waals surface area (Å²) >= 11 is 3.16. The van der Waals surface area contributed by atoms with Gasteiger partial charge in [0.1, 0.15) is 6.54 Å². The van der Waals surface area contributed by atoms with Gasteiger partial charge < -0.3 is 10.6 Å². The molecule has 1 atom stereocenters. The highest BCUT2D eigenvalue weighted by atomic mass is 79.9. The van der Waals surface area contributed by atoms with E-state index in [0.29, 0.717) is 5.56 Å². The summed E-state index contributed by atoms with van der Waals surface area (Å²) < 4.78 is 77.9. The topological polar surface area (TPSA) is 58.2 Å². The molecule has 0 bridgehead atoms. The highest BCUT2D eigenvalue weighted by Gasteiger charge is 2.39. The molecule has 2 rings (SSSR count). The zero-order chi connectivity index (χ0) is 26.6. The monoisotopic (exact) mass is 564 g/mol. The van der Waals surface area contributed by atoms with Crippen molar-refractivity contribution < 1.29 is 35.9 Å². The van der Waals surface area contributed by atoms with Crippen LogP contribution < -0.4 is 10.6 Å². The standard InChI is InChI=1S/C24H23BrF6N2O2/c1-13-8-17(9-14(2)15(13)3)19(24(29,30)31)7-5-16-4-6-18(20(25)10-16)22(35)32-11-21(34)33-12-23(26,27)28/h4-10,19H,11-12H2,1-3H3,(H,32,35)(H,33,34)/b7-5-. The van der Waals surface area contributed by atoms with Crippen LogP contribution in [0.4, 0.5) is 26.3 Å². The lowest BCUT2D eigenvalue weighted by molar-refractivity contribution is -0.139. The van der Waals surface area contributed by atoms with Crippen molar-refractivity contribution in [3.05, 3.63) is 74.3 Å².